The van der Waals surface area contributed by atoms with Gasteiger partial charge in [-0.1, -0.05) is 0 Å². The molecule has 0 fully saturated rings. The summed E-state index contributed by atoms with van der Waals surface area (Å²) < 4.78 is 1.69. The molecular formula is C13H18N4O2. The molecule has 1 unspecified atom stereocenters. The van der Waals surface area contributed by atoms with Crippen molar-refractivity contribution in [3.05, 3.63) is 23.5 Å². The molecule has 2 aromatic heterocycles. The lowest BCUT2D eigenvalue weighted by Crippen LogP contribution is -2.26. The summed E-state index contributed by atoms with van der Waals surface area (Å²) in [5, 5.41) is 17.0. The Kier molecular flexibility index (Phi) is 3.80. The number of pyridine rings is 1. The van der Waals surface area contributed by atoms with Gasteiger partial charge in [0, 0.05) is 25.2 Å². The predicted octanol–water partition coefficient (Wildman–Crippen LogP) is 0.777. The Bertz CT molecular complexity index is 604. The van der Waals surface area contributed by atoms with Crippen LogP contribution in [0, 0.1) is 6.92 Å². The van der Waals surface area contributed by atoms with Crippen molar-refractivity contribution in [2.24, 2.45) is 7.05 Å². The maximum atomic E-state index is 11.9. The van der Waals surface area contributed by atoms with E-state index in [1.54, 1.807) is 23.9 Å². The zero-order valence-electron chi connectivity index (χ0n) is 11.3. The third-order valence-corrected chi connectivity index (χ3v) is 2.97. The second-order valence-corrected chi connectivity index (χ2v) is 4.70. The number of aliphatic hydroxyl groups excluding tert-OH is 1. The monoisotopic (exact) mass is 262 g/mol. The molecule has 0 aliphatic heterocycles. The predicted molar refractivity (Wildman–Crippen MR) is 71.9 cm³/mol. The third kappa shape index (κ3) is 2.90. The van der Waals surface area contributed by atoms with E-state index in [-0.39, 0.29) is 5.91 Å². The van der Waals surface area contributed by atoms with Crippen LogP contribution in [0.5, 0.6) is 0 Å². The Hall–Kier alpha value is -1.95. The first-order valence-corrected chi connectivity index (χ1v) is 6.24. The van der Waals surface area contributed by atoms with Gasteiger partial charge in [-0.25, -0.2) is 4.98 Å². The Morgan fingerprint density at radius 2 is 2.32 bits per heavy atom. The highest BCUT2D eigenvalue weighted by Gasteiger charge is 2.11. The lowest BCUT2D eigenvalue weighted by atomic mass is 10.2. The second kappa shape index (κ2) is 5.36. The van der Waals surface area contributed by atoms with Crippen LogP contribution in [0.3, 0.4) is 0 Å². The van der Waals surface area contributed by atoms with Gasteiger partial charge in [-0.05, 0) is 26.3 Å². The first-order valence-electron chi connectivity index (χ1n) is 6.24. The van der Waals surface area contributed by atoms with Gasteiger partial charge in [-0.3, -0.25) is 9.48 Å². The van der Waals surface area contributed by atoms with Crippen LogP contribution in [0.25, 0.3) is 11.0 Å². The summed E-state index contributed by atoms with van der Waals surface area (Å²) in [6, 6.07) is 1.79. The number of aryl methyl sites for hydroxylation is 2. The van der Waals surface area contributed by atoms with Crippen molar-refractivity contribution >= 4 is 16.9 Å². The maximum absolute atomic E-state index is 11.9. The van der Waals surface area contributed by atoms with Crippen LogP contribution < -0.4 is 5.32 Å². The number of hydrogen-bond acceptors (Lipinski definition) is 4. The molecule has 0 aliphatic carbocycles. The molecule has 19 heavy (non-hydrogen) atoms. The second-order valence-electron chi connectivity index (χ2n) is 4.70. The molecule has 0 saturated carbocycles. The molecule has 0 bridgehead atoms. The number of carbonyl (C=O) groups is 1. The van der Waals surface area contributed by atoms with Crippen molar-refractivity contribution < 1.29 is 9.90 Å². The zero-order valence-corrected chi connectivity index (χ0v) is 11.3. The van der Waals surface area contributed by atoms with E-state index < -0.39 is 6.10 Å². The minimum atomic E-state index is -0.415. The van der Waals surface area contributed by atoms with Gasteiger partial charge in [0.25, 0.3) is 5.91 Å². The van der Waals surface area contributed by atoms with Gasteiger partial charge in [-0.2, -0.15) is 5.10 Å². The number of aliphatic hydroxyl groups is 1. The van der Waals surface area contributed by atoms with Crippen molar-refractivity contribution in [2.75, 3.05) is 6.54 Å². The molecule has 0 spiro atoms. The molecule has 2 N–H and O–H groups in total. The molecule has 0 aliphatic rings. The number of hydrogen-bond donors (Lipinski definition) is 2. The molecule has 2 heterocycles. The third-order valence-electron chi connectivity index (χ3n) is 2.97. The quantitative estimate of drug-likeness (QED) is 0.853. The summed E-state index contributed by atoms with van der Waals surface area (Å²) in [5.74, 6) is -0.182. The molecule has 1 amide bonds. The lowest BCUT2D eigenvalue weighted by Gasteiger charge is -2.06. The van der Waals surface area contributed by atoms with E-state index in [1.165, 1.54) is 0 Å². The molecule has 1 atom stereocenters. The highest BCUT2D eigenvalue weighted by molar-refractivity contribution is 5.97. The average Bonchev–Trinajstić information content (AvgIpc) is 2.64. The molecule has 6 nitrogen and oxygen atoms in total. The van der Waals surface area contributed by atoms with E-state index in [2.05, 4.69) is 15.4 Å². The summed E-state index contributed by atoms with van der Waals surface area (Å²) in [4.78, 5) is 16.2. The fourth-order valence-electron chi connectivity index (χ4n) is 1.93. The first-order chi connectivity index (χ1) is 8.99. The normalized spacial score (nSPS) is 12.6. The van der Waals surface area contributed by atoms with E-state index in [1.807, 2.05) is 14.0 Å². The lowest BCUT2D eigenvalue weighted by molar-refractivity contribution is 0.0945. The number of aromatic nitrogens is 3. The minimum Gasteiger partial charge on any atom is -0.393 e. The van der Waals surface area contributed by atoms with Crippen molar-refractivity contribution in [3.8, 4) is 0 Å². The smallest absolute Gasteiger partial charge is 0.252 e. The molecule has 0 aromatic carbocycles. The molecule has 0 radical (unpaired) electrons. The Morgan fingerprint density at radius 3 is 3.00 bits per heavy atom. The summed E-state index contributed by atoms with van der Waals surface area (Å²) in [5.41, 5.74) is 2.12. The Morgan fingerprint density at radius 1 is 1.58 bits per heavy atom. The van der Waals surface area contributed by atoms with Gasteiger partial charge in [0.05, 0.1) is 17.4 Å². The van der Waals surface area contributed by atoms with Crippen molar-refractivity contribution in [3.63, 3.8) is 0 Å². The minimum absolute atomic E-state index is 0.182. The van der Waals surface area contributed by atoms with Crippen molar-refractivity contribution in [1.82, 2.24) is 20.1 Å². The molecule has 2 rings (SSSR count). The van der Waals surface area contributed by atoms with Crippen LogP contribution in [-0.2, 0) is 7.05 Å². The Labute approximate surface area is 111 Å². The summed E-state index contributed by atoms with van der Waals surface area (Å²) in [6.45, 7) is 4.03. The van der Waals surface area contributed by atoms with Gasteiger partial charge in [-0.15, -0.1) is 0 Å². The average molecular weight is 262 g/mol. The van der Waals surface area contributed by atoms with E-state index in [4.69, 9.17) is 5.11 Å². The Balaban J connectivity index is 2.16. The first kappa shape index (κ1) is 13.5. The molecule has 102 valence electrons. The fourth-order valence-corrected chi connectivity index (χ4v) is 1.93. The van der Waals surface area contributed by atoms with Crippen LogP contribution in [-0.4, -0.2) is 38.4 Å². The van der Waals surface area contributed by atoms with Crippen molar-refractivity contribution in [2.45, 2.75) is 26.4 Å². The van der Waals surface area contributed by atoms with E-state index in [0.29, 0.717) is 18.5 Å². The number of nitrogens with zero attached hydrogens (tertiary/aromatic N) is 3. The zero-order chi connectivity index (χ0) is 14.0. The highest BCUT2D eigenvalue weighted by Crippen LogP contribution is 2.16. The van der Waals surface area contributed by atoms with Gasteiger partial charge in [0.2, 0.25) is 0 Å². The SMILES string of the molecule is Cc1nn(C)c2ncc(C(=O)NCCC(C)O)cc12. The summed E-state index contributed by atoms with van der Waals surface area (Å²) in [6.07, 6.45) is 1.66. The van der Waals surface area contributed by atoms with Crippen LogP contribution in [0.1, 0.15) is 29.4 Å². The summed E-state index contributed by atoms with van der Waals surface area (Å²) >= 11 is 0. The number of rotatable bonds is 4. The number of carbonyl (C=O) groups excluding carboxylic acids is 1. The topological polar surface area (TPSA) is 80.0 Å². The number of nitrogens with one attached hydrogen (secondary N) is 1. The van der Waals surface area contributed by atoms with Gasteiger partial charge < -0.3 is 10.4 Å². The van der Waals surface area contributed by atoms with Gasteiger partial charge in [0.1, 0.15) is 0 Å². The van der Waals surface area contributed by atoms with Crippen LogP contribution in [0.15, 0.2) is 12.3 Å². The molecular weight excluding hydrogens is 244 g/mol. The highest BCUT2D eigenvalue weighted by atomic mass is 16.3. The van der Waals surface area contributed by atoms with E-state index >= 15 is 0 Å². The molecule has 0 saturated heterocycles. The fraction of sp³-hybridized carbons (Fsp3) is 0.462. The van der Waals surface area contributed by atoms with Gasteiger partial charge in [0.15, 0.2) is 5.65 Å². The van der Waals surface area contributed by atoms with E-state index in [9.17, 15) is 4.79 Å². The summed E-state index contributed by atoms with van der Waals surface area (Å²) in [7, 11) is 1.82. The van der Waals surface area contributed by atoms with Crippen LogP contribution in [0.2, 0.25) is 0 Å². The number of fused-ring (bicyclic) bond motifs is 1. The molecule has 2 aromatic rings. The molecule has 6 heteroatoms. The van der Waals surface area contributed by atoms with Crippen LogP contribution in [0.4, 0.5) is 0 Å². The van der Waals surface area contributed by atoms with Crippen LogP contribution >= 0.6 is 0 Å². The standard InChI is InChI=1S/C13H18N4O2/c1-8(18)4-5-14-13(19)10-6-11-9(2)16-17(3)12(11)15-7-10/h6-8,18H,4-5H2,1-3H3,(H,14,19). The largest absolute Gasteiger partial charge is 0.393 e. The van der Waals surface area contributed by atoms with Gasteiger partial charge >= 0.3 is 0 Å². The van der Waals surface area contributed by atoms with E-state index in [0.717, 1.165) is 16.7 Å². The van der Waals surface area contributed by atoms with Crippen molar-refractivity contribution in [1.29, 1.82) is 0 Å². The number of amides is 1. The maximum Gasteiger partial charge on any atom is 0.252 e.